The van der Waals surface area contributed by atoms with Gasteiger partial charge < -0.3 is 15.6 Å². The fourth-order valence-electron chi connectivity index (χ4n) is 1.95. The van der Waals surface area contributed by atoms with Crippen LogP contribution < -0.4 is 10.6 Å². The van der Waals surface area contributed by atoms with Crippen molar-refractivity contribution in [3.05, 3.63) is 35.9 Å². The summed E-state index contributed by atoms with van der Waals surface area (Å²) in [5.41, 5.74) is 3.76. The molecule has 0 bridgehead atoms. The van der Waals surface area contributed by atoms with Crippen molar-refractivity contribution in [1.82, 2.24) is 24.9 Å². The van der Waals surface area contributed by atoms with Crippen LogP contribution in [0.25, 0.3) is 11.2 Å². The molecular formula is C13H15N7. The molecule has 3 rings (SSSR count). The smallest absolute Gasteiger partial charge is 0.226 e. The maximum absolute atomic E-state index is 4.42. The van der Waals surface area contributed by atoms with Crippen molar-refractivity contribution >= 4 is 22.9 Å². The number of aromatic nitrogens is 5. The summed E-state index contributed by atoms with van der Waals surface area (Å²) in [7, 11) is 1.78. The largest absolute Gasteiger partial charge is 0.364 e. The van der Waals surface area contributed by atoms with Gasteiger partial charge in [-0.1, -0.05) is 0 Å². The number of nitrogens with one attached hydrogen (secondary N) is 3. The van der Waals surface area contributed by atoms with Crippen molar-refractivity contribution in [2.75, 3.05) is 17.7 Å². The van der Waals surface area contributed by atoms with Crippen LogP contribution in [0, 0.1) is 6.92 Å². The second kappa shape index (κ2) is 5.12. The minimum absolute atomic E-state index is 0.540. The lowest BCUT2D eigenvalue weighted by molar-refractivity contribution is 1.06. The Bertz CT molecular complexity index is 734. The molecular weight excluding hydrogens is 254 g/mol. The highest BCUT2D eigenvalue weighted by atomic mass is 15.2. The Hall–Kier alpha value is -2.70. The summed E-state index contributed by atoms with van der Waals surface area (Å²) in [4.78, 5) is 20.0. The van der Waals surface area contributed by atoms with Gasteiger partial charge in [0.05, 0.1) is 6.33 Å². The number of aromatic amines is 1. The Balaban J connectivity index is 1.90. The minimum Gasteiger partial charge on any atom is -0.364 e. The molecule has 0 spiro atoms. The fourth-order valence-corrected chi connectivity index (χ4v) is 1.95. The molecule has 0 aliphatic carbocycles. The number of H-pyrrole nitrogens is 1. The fraction of sp³-hybridized carbons (Fsp3) is 0.231. The predicted molar refractivity (Wildman–Crippen MR) is 77.5 cm³/mol. The summed E-state index contributed by atoms with van der Waals surface area (Å²) >= 11 is 0. The molecule has 0 amide bonds. The number of hydrogen-bond acceptors (Lipinski definition) is 6. The van der Waals surface area contributed by atoms with E-state index in [1.54, 1.807) is 19.6 Å². The summed E-state index contributed by atoms with van der Waals surface area (Å²) in [6.45, 7) is 2.71. The van der Waals surface area contributed by atoms with Gasteiger partial charge in [0.2, 0.25) is 5.95 Å². The van der Waals surface area contributed by atoms with E-state index in [0.717, 1.165) is 16.9 Å². The van der Waals surface area contributed by atoms with Crippen molar-refractivity contribution in [2.45, 2.75) is 13.5 Å². The van der Waals surface area contributed by atoms with Crippen LogP contribution in [0.1, 0.15) is 11.1 Å². The first-order valence-electron chi connectivity index (χ1n) is 6.30. The number of anilines is 2. The van der Waals surface area contributed by atoms with Crippen LogP contribution in [0.4, 0.5) is 11.8 Å². The first-order valence-corrected chi connectivity index (χ1v) is 6.30. The molecule has 0 atom stereocenters. The average Bonchev–Trinajstić information content (AvgIpc) is 2.94. The molecule has 7 heteroatoms. The van der Waals surface area contributed by atoms with Crippen LogP contribution in [0.5, 0.6) is 0 Å². The maximum Gasteiger partial charge on any atom is 0.226 e. The van der Waals surface area contributed by atoms with E-state index < -0.39 is 0 Å². The lowest BCUT2D eigenvalue weighted by Gasteiger charge is -2.09. The monoisotopic (exact) mass is 269 g/mol. The molecule has 3 heterocycles. The first kappa shape index (κ1) is 12.3. The third-order valence-electron chi connectivity index (χ3n) is 3.09. The molecule has 0 radical (unpaired) electrons. The second-order valence-corrected chi connectivity index (χ2v) is 4.40. The second-order valence-electron chi connectivity index (χ2n) is 4.40. The van der Waals surface area contributed by atoms with E-state index in [0.29, 0.717) is 18.1 Å². The quantitative estimate of drug-likeness (QED) is 0.668. The summed E-state index contributed by atoms with van der Waals surface area (Å²) in [5, 5.41) is 6.25. The van der Waals surface area contributed by atoms with Crippen LogP contribution >= 0.6 is 0 Å². The van der Waals surface area contributed by atoms with E-state index >= 15 is 0 Å². The van der Waals surface area contributed by atoms with Gasteiger partial charge in [-0.2, -0.15) is 9.97 Å². The Morgan fingerprint density at radius 1 is 1.30 bits per heavy atom. The van der Waals surface area contributed by atoms with E-state index in [-0.39, 0.29) is 0 Å². The topological polar surface area (TPSA) is 91.4 Å². The van der Waals surface area contributed by atoms with Crippen LogP contribution in [0.15, 0.2) is 24.8 Å². The van der Waals surface area contributed by atoms with Crippen LogP contribution in [-0.4, -0.2) is 32.0 Å². The van der Waals surface area contributed by atoms with E-state index in [2.05, 4.69) is 35.6 Å². The van der Waals surface area contributed by atoms with E-state index in [1.165, 1.54) is 5.56 Å². The Morgan fingerprint density at radius 3 is 3.00 bits per heavy atom. The molecule has 0 aliphatic heterocycles. The van der Waals surface area contributed by atoms with Gasteiger partial charge >= 0.3 is 0 Å². The maximum atomic E-state index is 4.42. The van der Waals surface area contributed by atoms with Gasteiger partial charge in [0.15, 0.2) is 11.5 Å². The lowest BCUT2D eigenvalue weighted by atomic mass is 10.1. The van der Waals surface area contributed by atoms with E-state index in [1.807, 2.05) is 19.2 Å². The van der Waals surface area contributed by atoms with E-state index in [9.17, 15) is 0 Å². The first-order chi connectivity index (χ1) is 9.78. The highest BCUT2D eigenvalue weighted by Crippen LogP contribution is 2.19. The molecule has 20 heavy (non-hydrogen) atoms. The number of fused-ring (bicyclic) bond motifs is 1. The number of hydrogen-bond donors (Lipinski definition) is 3. The van der Waals surface area contributed by atoms with Crippen molar-refractivity contribution in [1.29, 1.82) is 0 Å². The number of aryl methyl sites for hydroxylation is 1. The number of imidazole rings is 1. The number of pyridine rings is 1. The van der Waals surface area contributed by atoms with Crippen molar-refractivity contribution in [2.24, 2.45) is 0 Å². The molecule has 3 N–H and O–H groups in total. The van der Waals surface area contributed by atoms with Gasteiger partial charge in [-0.05, 0) is 24.1 Å². The number of nitrogens with zero attached hydrogens (tertiary/aromatic N) is 4. The summed E-state index contributed by atoms with van der Waals surface area (Å²) in [5.74, 6) is 1.27. The Labute approximate surface area is 115 Å². The highest BCUT2D eigenvalue weighted by Gasteiger charge is 2.09. The van der Waals surface area contributed by atoms with Crippen molar-refractivity contribution in [3.63, 3.8) is 0 Å². The molecule has 102 valence electrons. The van der Waals surface area contributed by atoms with Crippen molar-refractivity contribution in [3.8, 4) is 0 Å². The zero-order valence-electron chi connectivity index (χ0n) is 11.3. The molecule has 7 nitrogen and oxygen atoms in total. The van der Waals surface area contributed by atoms with Gasteiger partial charge in [0.1, 0.15) is 5.52 Å². The number of rotatable bonds is 4. The Morgan fingerprint density at radius 2 is 2.20 bits per heavy atom. The van der Waals surface area contributed by atoms with Gasteiger partial charge in [0, 0.05) is 26.0 Å². The van der Waals surface area contributed by atoms with E-state index in [4.69, 9.17) is 0 Å². The molecule has 0 aromatic carbocycles. The summed E-state index contributed by atoms with van der Waals surface area (Å²) < 4.78 is 0. The molecule has 3 aromatic rings. The third kappa shape index (κ3) is 2.25. The highest BCUT2D eigenvalue weighted by molar-refractivity contribution is 5.83. The molecule has 0 saturated heterocycles. The van der Waals surface area contributed by atoms with Crippen LogP contribution in [0.3, 0.4) is 0 Å². The zero-order chi connectivity index (χ0) is 13.9. The minimum atomic E-state index is 0.540. The SMILES string of the molecule is CNc1nc(NCc2ccncc2C)c2[nH]cnc2n1. The van der Waals surface area contributed by atoms with Gasteiger partial charge in [-0.25, -0.2) is 4.98 Å². The normalized spacial score (nSPS) is 10.7. The average molecular weight is 269 g/mol. The third-order valence-corrected chi connectivity index (χ3v) is 3.09. The molecule has 0 fully saturated rings. The molecule has 0 unspecified atom stereocenters. The van der Waals surface area contributed by atoms with Crippen LogP contribution in [-0.2, 0) is 6.54 Å². The molecule has 0 aliphatic rings. The lowest BCUT2D eigenvalue weighted by Crippen LogP contribution is -2.06. The summed E-state index contributed by atoms with van der Waals surface area (Å²) in [6.07, 6.45) is 5.25. The van der Waals surface area contributed by atoms with Gasteiger partial charge in [-0.15, -0.1) is 0 Å². The Kier molecular flexibility index (Phi) is 3.16. The zero-order valence-corrected chi connectivity index (χ0v) is 11.3. The van der Waals surface area contributed by atoms with Gasteiger partial charge in [0.25, 0.3) is 0 Å². The molecule has 3 aromatic heterocycles. The molecule has 0 saturated carbocycles. The standard InChI is InChI=1S/C13H15N7/c1-8-5-15-4-3-9(8)6-16-11-10-12(18-7-17-10)20-13(14-2)19-11/h3-5,7H,6H2,1-2H3,(H3,14,16,17,18,19,20). The summed E-state index contributed by atoms with van der Waals surface area (Å²) in [6, 6.07) is 1.99. The van der Waals surface area contributed by atoms with Gasteiger partial charge in [-0.3, -0.25) is 4.98 Å². The van der Waals surface area contributed by atoms with Crippen LogP contribution in [0.2, 0.25) is 0 Å². The predicted octanol–water partition coefficient (Wildman–Crippen LogP) is 1.71. The van der Waals surface area contributed by atoms with Crippen molar-refractivity contribution < 1.29 is 0 Å².